The Labute approximate surface area is 180 Å². The van der Waals surface area contributed by atoms with Crippen molar-refractivity contribution < 1.29 is 28.7 Å². The highest BCUT2D eigenvalue weighted by atomic mass is 16.7. The predicted molar refractivity (Wildman–Crippen MR) is 110 cm³/mol. The number of methoxy groups -OCH3 is 2. The number of para-hydroxylation sites is 1. The second kappa shape index (κ2) is 7.79. The first kappa shape index (κ1) is 21.0. The van der Waals surface area contributed by atoms with Crippen LogP contribution < -0.4 is 5.32 Å². The number of carbonyl (C=O) groups excluding carboxylic acids is 3. The van der Waals surface area contributed by atoms with Gasteiger partial charge in [0.2, 0.25) is 5.91 Å². The molecule has 31 heavy (non-hydrogen) atoms. The first-order valence-corrected chi connectivity index (χ1v) is 9.89. The standard InChI is InChI=1S/C23H24N2O6/c1-25-17(19(26)24-16-12-8-5-9-13-16)22(18(31-25)15-10-6-4-7-11-15)14-23(22,20(27)29-2)21(28)30-3/h4-13,17-18H,14H2,1-3H3,(H,24,26)/t17-,18+,22-/m0/s1. The molecule has 162 valence electrons. The lowest BCUT2D eigenvalue weighted by molar-refractivity contribution is -0.165. The molecule has 0 radical (unpaired) electrons. The van der Waals surface area contributed by atoms with Crippen molar-refractivity contribution >= 4 is 23.5 Å². The summed E-state index contributed by atoms with van der Waals surface area (Å²) in [5.41, 5.74) is -1.50. The van der Waals surface area contributed by atoms with Crippen LogP contribution in [-0.4, -0.2) is 50.2 Å². The number of hydrogen-bond acceptors (Lipinski definition) is 7. The van der Waals surface area contributed by atoms with Crippen molar-refractivity contribution in [2.45, 2.75) is 18.6 Å². The Morgan fingerprint density at radius 1 is 0.968 bits per heavy atom. The molecule has 1 saturated heterocycles. The summed E-state index contributed by atoms with van der Waals surface area (Å²) in [4.78, 5) is 45.4. The average molecular weight is 424 g/mol. The quantitative estimate of drug-likeness (QED) is 0.582. The number of ether oxygens (including phenoxy) is 2. The van der Waals surface area contributed by atoms with Gasteiger partial charge in [-0.1, -0.05) is 48.5 Å². The average Bonchev–Trinajstić information content (AvgIpc) is 3.39. The maximum Gasteiger partial charge on any atom is 0.324 e. The van der Waals surface area contributed by atoms with E-state index < -0.39 is 34.9 Å². The molecular formula is C23H24N2O6. The summed E-state index contributed by atoms with van der Waals surface area (Å²) >= 11 is 0. The first-order chi connectivity index (χ1) is 14.9. The van der Waals surface area contributed by atoms with Crippen LogP contribution in [0, 0.1) is 10.8 Å². The number of nitrogens with zero attached hydrogens (tertiary/aromatic N) is 1. The van der Waals surface area contributed by atoms with Crippen LogP contribution >= 0.6 is 0 Å². The van der Waals surface area contributed by atoms with Crippen molar-refractivity contribution in [2.24, 2.45) is 10.8 Å². The van der Waals surface area contributed by atoms with Gasteiger partial charge < -0.3 is 14.8 Å². The molecule has 4 rings (SSSR count). The summed E-state index contributed by atoms with van der Waals surface area (Å²) in [6.45, 7) is 0. The minimum absolute atomic E-state index is 0.0656. The van der Waals surface area contributed by atoms with Crippen molar-refractivity contribution in [3.05, 3.63) is 66.2 Å². The third kappa shape index (κ3) is 3.02. The van der Waals surface area contributed by atoms with Crippen LogP contribution in [0.15, 0.2) is 60.7 Å². The molecule has 1 aliphatic carbocycles. The van der Waals surface area contributed by atoms with Crippen molar-refractivity contribution in [3.8, 4) is 0 Å². The zero-order valence-electron chi connectivity index (χ0n) is 17.5. The van der Waals surface area contributed by atoms with Crippen molar-refractivity contribution in [1.29, 1.82) is 0 Å². The number of carbonyl (C=O) groups is 3. The van der Waals surface area contributed by atoms with E-state index in [1.807, 2.05) is 36.4 Å². The molecule has 8 heteroatoms. The lowest BCUT2D eigenvalue weighted by Gasteiger charge is -2.27. The van der Waals surface area contributed by atoms with Crippen molar-refractivity contribution in [3.63, 3.8) is 0 Å². The third-order valence-electron chi connectivity index (χ3n) is 6.28. The van der Waals surface area contributed by atoms with Gasteiger partial charge in [0.1, 0.15) is 12.1 Å². The summed E-state index contributed by atoms with van der Waals surface area (Å²) in [7, 11) is 4.06. The monoisotopic (exact) mass is 424 g/mol. The zero-order valence-corrected chi connectivity index (χ0v) is 17.5. The van der Waals surface area contributed by atoms with Gasteiger partial charge in [-0.15, -0.1) is 0 Å². The highest BCUT2D eigenvalue weighted by Crippen LogP contribution is 2.76. The second-order valence-corrected chi connectivity index (χ2v) is 7.81. The van der Waals surface area contributed by atoms with Crippen molar-refractivity contribution in [1.82, 2.24) is 5.06 Å². The molecule has 2 aromatic rings. The van der Waals surface area contributed by atoms with E-state index in [1.54, 1.807) is 31.3 Å². The zero-order chi connectivity index (χ0) is 22.2. The fourth-order valence-electron chi connectivity index (χ4n) is 4.90. The van der Waals surface area contributed by atoms with Crippen LogP contribution in [0.3, 0.4) is 0 Å². The van der Waals surface area contributed by atoms with E-state index in [0.717, 1.165) is 5.56 Å². The molecule has 2 fully saturated rings. The Balaban J connectivity index is 1.81. The summed E-state index contributed by atoms with van der Waals surface area (Å²) < 4.78 is 10.0. The highest BCUT2D eigenvalue weighted by Gasteiger charge is 2.87. The van der Waals surface area contributed by atoms with Crippen molar-refractivity contribution in [2.75, 3.05) is 26.6 Å². The highest BCUT2D eigenvalue weighted by molar-refractivity contribution is 6.08. The molecule has 2 aliphatic rings. The van der Waals surface area contributed by atoms with E-state index >= 15 is 0 Å². The summed E-state index contributed by atoms with van der Waals surface area (Å²) in [5.74, 6) is -1.87. The maximum absolute atomic E-state index is 13.4. The Hall–Kier alpha value is -3.23. The number of likely N-dealkylation sites (N-methyl/N-ethyl adjacent to an activating group) is 1. The fraction of sp³-hybridized carbons (Fsp3) is 0.348. The van der Waals surface area contributed by atoms with E-state index in [9.17, 15) is 14.4 Å². The SMILES string of the molecule is COC(=O)C1(C(=O)OC)C[C@]12[C@@H](c1ccccc1)ON(C)[C@H]2C(=O)Nc1ccccc1. The normalized spacial score (nSPS) is 26.3. The van der Waals surface area contributed by atoms with Gasteiger partial charge in [-0.3, -0.25) is 19.2 Å². The number of esters is 2. The number of nitrogens with one attached hydrogen (secondary N) is 1. The van der Waals surface area contributed by atoms with Gasteiger partial charge in [-0.05, 0) is 24.1 Å². The number of amides is 1. The van der Waals surface area contributed by atoms with Crippen LogP contribution in [0.4, 0.5) is 5.69 Å². The van der Waals surface area contributed by atoms with Crippen LogP contribution in [0.2, 0.25) is 0 Å². The lowest BCUT2D eigenvalue weighted by Crippen LogP contribution is -2.47. The molecule has 1 aliphatic heterocycles. The van der Waals surface area contributed by atoms with Gasteiger partial charge in [0.05, 0.1) is 19.6 Å². The minimum atomic E-state index is -1.65. The topological polar surface area (TPSA) is 94.2 Å². The molecular weight excluding hydrogens is 400 g/mol. The molecule has 0 bridgehead atoms. The molecule has 1 heterocycles. The van der Waals surface area contributed by atoms with Crippen LogP contribution in [0.25, 0.3) is 0 Å². The number of hydroxylamine groups is 2. The smallest absolute Gasteiger partial charge is 0.324 e. The van der Waals surface area contributed by atoms with Gasteiger partial charge in [-0.25, -0.2) is 0 Å². The molecule has 1 amide bonds. The minimum Gasteiger partial charge on any atom is -0.468 e. The van der Waals surface area contributed by atoms with E-state index in [1.165, 1.54) is 19.3 Å². The Kier molecular flexibility index (Phi) is 5.28. The van der Waals surface area contributed by atoms with E-state index in [-0.39, 0.29) is 12.3 Å². The molecule has 8 nitrogen and oxygen atoms in total. The molecule has 1 spiro atoms. The second-order valence-electron chi connectivity index (χ2n) is 7.81. The van der Waals surface area contributed by atoms with Crippen LogP contribution in [0.1, 0.15) is 18.1 Å². The molecule has 1 N–H and O–H groups in total. The Morgan fingerprint density at radius 3 is 2.06 bits per heavy atom. The first-order valence-electron chi connectivity index (χ1n) is 9.89. The number of anilines is 1. The summed E-state index contributed by atoms with van der Waals surface area (Å²) in [6.07, 6.45) is -0.653. The molecule has 3 atom stereocenters. The fourth-order valence-corrected chi connectivity index (χ4v) is 4.90. The predicted octanol–water partition coefficient (Wildman–Crippen LogP) is 2.33. The van der Waals surface area contributed by atoms with E-state index in [4.69, 9.17) is 14.3 Å². The number of rotatable bonds is 5. The van der Waals surface area contributed by atoms with E-state index in [0.29, 0.717) is 5.69 Å². The van der Waals surface area contributed by atoms with Gasteiger partial charge in [0.25, 0.3) is 0 Å². The molecule has 1 saturated carbocycles. The Morgan fingerprint density at radius 2 is 1.52 bits per heavy atom. The van der Waals surface area contributed by atoms with E-state index in [2.05, 4.69) is 5.32 Å². The summed E-state index contributed by atoms with van der Waals surface area (Å²) in [5, 5.41) is 4.29. The Bertz CT molecular complexity index is 980. The molecule has 0 aromatic heterocycles. The van der Waals surface area contributed by atoms with Gasteiger partial charge >= 0.3 is 11.9 Å². The molecule has 0 unspecified atom stereocenters. The van der Waals surface area contributed by atoms with Gasteiger partial charge in [-0.2, -0.15) is 5.06 Å². The number of hydrogen-bond donors (Lipinski definition) is 1. The molecule has 2 aromatic carbocycles. The maximum atomic E-state index is 13.4. The van der Waals surface area contributed by atoms with Crippen LogP contribution in [-0.2, 0) is 28.7 Å². The van der Waals surface area contributed by atoms with Crippen LogP contribution in [0.5, 0.6) is 0 Å². The van der Waals surface area contributed by atoms with Gasteiger partial charge in [0.15, 0.2) is 5.41 Å². The van der Waals surface area contributed by atoms with Gasteiger partial charge in [0, 0.05) is 12.7 Å². The lowest BCUT2D eigenvalue weighted by atomic mass is 9.78. The summed E-state index contributed by atoms with van der Waals surface area (Å²) in [6, 6.07) is 17.2. The number of benzene rings is 2. The third-order valence-corrected chi connectivity index (χ3v) is 6.28. The largest absolute Gasteiger partial charge is 0.468 e.